The van der Waals surface area contributed by atoms with Gasteiger partial charge in [-0.3, -0.25) is 9.69 Å². The number of rotatable bonds is 5. The highest BCUT2D eigenvalue weighted by Gasteiger charge is 2.48. The second-order valence-corrected chi connectivity index (χ2v) is 8.34. The lowest BCUT2D eigenvalue weighted by Gasteiger charge is -2.25. The molecule has 1 aromatic heterocycles. The molecule has 0 fully saturated rings. The summed E-state index contributed by atoms with van der Waals surface area (Å²) >= 11 is 1.02. The number of nitrogens with one attached hydrogen (secondary N) is 1. The Kier molecular flexibility index (Phi) is 6.75. The predicted octanol–water partition coefficient (Wildman–Crippen LogP) is 4.85. The van der Waals surface area contributed by atoms with Crippen LogP contribution in [0.2, 0.25) is 0 Å². The number of esters is 1. The lowest BCUT2D eigenvalue weighted by molar-refractivity contribution is -0.123. The van der Waals surface area contributed by atoms with E-state index in [4.69, 9.17) is 4.74 Å². The number of halogens is 6. The van der Waals surface area contributed by atoms with Crippen LogP contribution in [-0.4, -0.2) is 48.8 Å². The molecule has 5 nitrogen and oxygen atoms in total. The molecule has 1 unspecified atom stereocenters. The van der Waals surface area contributed by atoms with Crippen molar-refractivity contribution in [3.05, 3.63) is 39.3 Å². The van der Waals surface area contributed by atoms with Crippen LogP contribution in [0.15, 0.2) is 23.3 Å². The summed E-state index contributed by atoms with van der Waals surface area (Å²) in [5.41, 5.74) is -2.47. The summed E-state index contributed by atoms with van der Waals surface area (Å²) in [4.78, 5) is 28.1. The van der Waals surface area contributed by atoms with Gasteiger partial charge in [0.25, 0.3) is 0 Å². The van der Waals surface area contributed by atoms with Gasteiger partial charge in [-0.1, -0.05) is 13.0 Å². The topological polar surface area (TPSA) is 58.6 Å². The number of hydrogen-bond donors (Lipinski definition) is 1. The van der Waals surface area contributed by atoms with Gasteiger partial charge in [0.1, 0.15) is 5.00 Å². The van der Waals surface area contributed by atoms with Gasteiger partial charge in [0.15, 0.2) is 0 Å². The summed E-state index contributed by atoms with van der Waals surface area (Å²) in [5.74, 6) is -4.23. The minimum Gasteiger partial charge on any atom is -0.462 e. The summed E-state index contributed by atoms with van der Waals surface area (Å²) in [7, 11) is 0. The number of fused-ring (bicyclic) bond motifs is 1. The molecule has 1 N–H and O–H groups in total. The number of carbonyl (C=O) groups is 2. The molecule has 1 aliphatic carbocycles. The smallest absolute Gasteiger partial charge is 0.416 e. The van der Waals surface area contributed by atoms with Crippen molar-refractivity contribution in [3.8, 4) is 0 Å². The third kappa shape index (κ3) is 4.85. The van der Waals surface area contributed by atoms with Crippen LogP contribution in [0.3, 0.4) is 0 Å². The van der Waals surface area contributed by atoms with Crippen LogP contribution in [0.5, 0.6) is 0 Å². The number of anilines is 1. The molecule has 0 saturated carbocycles. The predicted molar refractivity (Wildman–Crippen MR) is 105 cm³/mol. The molecular weight excluding hydrogens is 462 g/mol. The van der Waals surface area contributed by atoms with Crippen molar-refractivity contribution in [3.63, 3.8) is 0 Å². The van der Waals surface area contributed by atoms with Gasteiger partial charge in [-0.25, -0.2) is 4.79 Å². The van der Waals surface area contributed by atoms with E-state index < -0.39 is 41.3 Å². The molecule has 0 saturated heterocycles. The minimum atomic E-state index is -5.13. The van der Waals surface area contributed by atoms with E-state index >= 15 is 0 Å². The quantitative estimate of drug-likeness (QED) is 0.482. The molecule has 1 atom stereocenters. The molecule has 2 heterocycles. The normalized spacial score (nSPS) is 19.3. The first kappa shape index (κ1) is 24.3. The third-order valence-corrected chi connectivity index (χ3v) is 6.36. The molecule has 0 bridgehead atoms. The second kappa shape index (κ2) is 8.89. The van der Waals surface area contributed by atoms with E-state index in [1.165, 1.54) is 0 Å². The average molecular weight is 482 g/mol. The summed E-state index contributed by atoms with van der Waals surface area (Å²) in [6, 6.07) is 0. The molecule has 0 spiro atoms. The van der Waals surface area contributed by atoms with E-state index in [0.29, 0.717) is 25.1 Å². The fourth-order valence-electron chi connectivity index (χ4n) is 3.65. The van der Waals surface area contributed by atoms with E-state index in [-0.39, 0.29) is 29.3 Å². The Labute approximate surface area is 183 Å². The number of nitrogens with zero attached hydrogens (tertiary/aromatic N) is 1. The highest BCUT2D eigenvalue weighted by molar-refractivity contribution is 7.17. The van der Waals surface area contributed by atoms with Crippen molar-refractivity contribution in [1.29, 1.82) is 0 Å². The summed E-state index contributed by atoms with van der Waals surface area (Å²) in [6.45, 7) is 5.43. The van der Waals surface area contributed by atoms with E-state index in [0.717, 1.165) is 22.8 Å². The highest BCUT2D eigenvalue weighted by Crippen LogP contribution is 2.44. The molecule has 0 aromatic carbocycles. The van der Waals surface area contributed by atoms with Gasteiger partial charge in [-0.2, -0.15) is 26.3 Å². The molecular formula is C20H20F6N2O3S. The molecule has 32 heavy (non-hydrogen) atoms. The first-order valence-electron chi connectivity index (χ1n) is 9.79. The lowest BCUT2D eigenvalue weighted by Crippen LogP contribution is -2.30. The number of thiophene rings is 1. The molecule has 1 aliphatic heterocycles. The number of ether oxygens (including phenoxy) is 1. The van der Waals surface area contributed by atoms with Crippen molar-refractivity contribution < 1.29 is 40.7 Å². The zero-order chi connectivity index (χ0) is 23.8. The maximum Gasteiger partial charge on any atom is 0.416 e. The SMILES string of the molecule is CCOC(=O)c1c(NC(=O)C2C=C(C(F)(F)F)C=C2C(F)(F)F)sc2c1CCN(CC)C2. The van der Waals surface area contributed by atoms with Gasteiger partial charge in [0, 0.05) is 23.5 Å². The maximum atomic E-state index is 13.3. The number of alkyl halides is 6. The molecule has 3 rings (SSSR count). The number of carbonyl (C=O) groups excluding carboxylic acids is 2. The standard InChI is InChI=1S/C20H20F6N2O3S/c1-3-28-6-5-11-14(9-28)32-17(15(11)18(30)31-4-2)27-16(29)12-7-10(19(21,22)23)8-13(12)20(24,25)26/h7-8,12H,3-6,9H2,1-2H3,(H,27,29). The molecule has 12 heteroatoms. The van der Waals surface area contributed by atoms with Crippen LogP contribution in [0.4, 0.5) is 31.3 Å². The Morgan fingerprint density at radius 2 is 1.88 bits per heavy atom. The van der Waals surface area contributed by atoms with Gasteiger partial charge >= 0.3 is 18.3 Å². The Hall–Kier alpha value is -2.34. The van der Waals surface area contributed by atoms with Crippen molar-refractivity contribution in [2.24, 2.45) is 5.92 Å². The summed E-state index contributed by atoms with van der Waals surface area (Å²) in [5, 5.41) is 2.24. The van der Waals surface area contributed by atoms with Gasteiger partial charge in [0.05, 0.1) is 23.7 Å². The zero-order valence-electron chi connectivity index (χ0n) is 17.1. The van der Waals surface area contributed by atoms with Crippen LogP contribution in [0.1, 0.15) is 34.6 Å². The number of hydrogen-bond acceptors (Lipinski definition) is 5. The van der Waals surface area contributed by atoms with Gasteiger partial charge in [-0.15, -0.1) is 11.3 Å². The van der Waals surface area contributed by atoms with Gasteiger partial charge in [-0.05, 0) is 31.5 Å². The van der Waals surface area contributed by atoms with Crippen LogP contribution in [0, 0.1) is 5.92 Å². The third-order valence-electron chi connectivity index (χ3n) is 5.23. The van der Waals surface area contributed by atoms with Crippen molar-refractivity contribution in [2.45, 2.75) is 39.2 Å². The first-order chi connectivity index (χ1) is 14.9. The molecule has 1 aromatic rings. The fraction of sp³-hybridized carbons (Fsp3) is 0.500. The lowest BCUT2D eigenvalue weighted by atomic mass is 10.0. The summed E-state index contributed by atoms with van der Waals surface area (Å²) < 4.78 is 84.0. The average Bonchev–Trinajstić information content (AvgIpc) is 3.29. The monoisotopic (exact) mass is 482 g/mol. The number of likely N-dealkylation sites (N-methyl/N-ethyl adjacent to an activating group) is 1. The van der Waals surface area contributed by atoms with E-state index in [1.54, 1.807) is 6.92 Å². The number of allylic oxidation sites excluding steroid dienone is 2. The second-order valence-electron chi connectivity index (χ2n) is 7.23. The largest absolute Gasteiger partial charge is 0.462 e. The van der Waals surface area contributed by atoms with Crippen molar-refractivity contribution in [1.82, 2.24) is 4.90 Å². The van der Waals surface area contributed by atoms with Crippen LogP contribution < -0.4 is 5.32 Å². The number of amides is 1. The van der Waals surface area contributed by atoms with Gasteiger partial charge < -0.3 is 10.1 Å². The molecule has 2 aliphatic rings. The molecule has 0 radical (unpaired) electrons. The van der Waals surface area contributed by atoms with Crippen molar-refractivity contribution >= 4 is 28.2 Å². The highest BCUT2D eigenvalue weighted by atomic mass is 32.1. The van der Waals surface area contributed by atoms with E-state index in [2.05, 4.69) is 10.2 Å². The summed E-state index contributed by atoms with van der Waals surface area (Å²) in [6.07, 6.45) is -9.51. The van der Waals surface area contributed by atoms with E-state index in [9.17, 15) is 35.9 Å². The fourth-order valence-corrected chi connectivity index (χ4v) is 4.93. The molecule has 1 amide bonds. The Bertz CT molecular complexity index is 977. The van der Waals surface area contributed by atoms with Gasteiger partial charge in [0.2, 0.25) is 5.91 Å². The Morgan fingerprint density at radius 3 is 2.44 bits per heavy atom. The zero-order valence-corrected chi connectivity index (χ0v) is 17.9. The minimum absolute atomic E-state index is 0.0215. The van der Waals surface area contributed by atoms with E-state index in [1.807, 2.05) is 6.92 Å². The van der Waals surface area contributed by atoms with Crippen LogP contribution >= 0.6 is 11.3 Å². The first-order valence-corrected chi connectivity index (χ1v) is 10.6. The maximum absolute atomic E-state index is 13.3. The van der Waals surface area contributed by atoms with Crippen LogP contribution in [-0.2, 0) is 22.5 Å². The molecule has 176 valence electrons. The van der Waals surface area contributed by atoms with Crippen LogP contribution in [0.25, 0.3) is 0 Å². The Morgan fingerprint density at radius 1 is 1.19 bits per heavy atom. The van der Waals surface area contributed by atoms with Crippen molar-refractivity contribution in [2.75, 3.05) is 25.0 Å². The Balaban J connectivity index is 1.96.